The van der Waals surface area contributed by atoms with Crippen molar-refractivity contribution in [2.45, 2.75) is 19.9 Å². The number of nitrogens with zero attached hydrogens (tertiary/aromatic N) is 3. The van der Waals surface area contributed by atoms with Gasteiger partial charge in [0.25, 0.3) is 6.43 Å². The Morgan fingerprint density at radius 1 is 1.48 bits per heavy atom. The minimum atomic E-state index is -3.13. The van der Waals surface area contributed by atoms with Gasteiger partial charge < -0.3 is 10.4 Å². The zero-order chi connectivity index (χ0) is 17.1. The first kappa shape index (κ1) is 16.3. The Morgan fingerprint density at radius 3 is 2.65 bits per heavy atom. The molecule has 122 valence electrons. The molecule has 2 N–H and O–H groups in total. The van der Waals surface area contributed by atoms with E-state index in [2.05, 4.69) is 10.4 Å². The molecule has 8 nitrogen and oxygen atoms in total. The molecule has 0 saturated carbocycles. The fourth-order valence-electron chi connectivity index (χ4n) is 1.99. The summed E-state index contributed by atoms with van der Waals surface area (Å²) in [5.74, 6) is -0.842. The number of phenols is 1. The van der Waals surface area contributed by atoms with E-state index in [0.29, 0.717) is 0 Å². The summed E-state index contributed by atoms with van der Waals surface area (Å²) in [5, 5.41) is 26.2. The van der Waals surface area contributed by atoms with Crippen LogP contribution in [0.4, 0.5) is 20.2 Å². The number of carbonyl (C=O) groups excluding carboxylic acids is 1. The highest BCUT2D eigenvalue weighted by Gasteiger charge is 2.31. The number of rotatable bonds is 5. The number of aromatic nitrogens is 2. The quantitative estimate of drug-likeness (QED) is 0.498. The lowest BCUT2D eigenvalue weighted by Crippen LogP contribution is -2.20. The van der Waals surface area contributed by atoms with Gasteiger partial charge in [-0.3, -0.25) is 19.6 Å². The van der Waals surface area contributed by atoms with E-state index in [1.165, 1.54) is 19.1 Å². The van der Waals surface area contributed by atoms with Crippen molar-refractivity contribution >= 4 is 17.3 Å². The summed E-state index contributed by atoms with van der Waals surface area (Å²) < 4.78 is 26.4. The number of nitrogens with one attached hydrogen (secondary N) is 1. The maximum atomic E-state index is 12.8. The summed E-state index contributed by atoms with van der Waals surface area (Å²) in [6.45, 7) is 0.720. The van der Waals surface area contributed by atoms with E-state index in [0.717, 1.165) is 4.68 Å². The SMILES string of the molecule is Cc1c([N+](=O)[O-])c(C(F)F)nn1CC(=O)Nc1ccccc1O. The Kier molecular flexibility index (Phi) is 4.53. The molecule has 0 aliphatic heterocycles. The topological polar surface area (TPSA) is 110 Å². The number of para-hydroxylation sites is 2. The zero-order valence-electron chi connectivity index (χ0n) is 11.9. The van der Waals surface area contributed by atoms with Crippen LogP contribution < -0.4 is 5.32 Å². The van der Waals surface area contributed by atoms with E-state index >= 15 is 0 Å². The van der Waals surface area contributed by atoms with Gasteiger partial charge in [0.2, 0.25) is 11.6 Å². The second kappa shape index (κ2) is 6.38. The van der Waals surface area contributed by atoms with Gasteiger partial charge in [-0.15, -0.1) is 0 Å². The minimum Gasteiger partial charge on any atom is -0.506 e. The van der Waals surface area contributed by atoms with E-state index in [4.69, 9.17) is 0 Å². The molecule has 2 aromatic rings. The van der Waals surface area contributed by atoms with Crippen LogP contribution >= 0.6 is 0 Å². The maximum Gasteiger partial charge on any atom is 0.319 e. The van der Waals surface area contributed by atoms with E-state index in [-0.39, 0.29) is 17.1 Å². The number of halogens is 2. The smallest absolute Gasteiger partial charge is 0.319 e. The van der Waals surface area contributed by atoms with Crippen LogP contribution in [0.3, 0.4) is 0 Å². The summed E-state index contributed by atoms with van der Waals surface area (Å²) in [7, 11) is 0. The molecule has 1 amide bonds. The Labute approximate surface area is 128 Å². The summed E-state index contributed by atoms with van der Waals surface area (Å²) in [4.78, 5) is 21.8. The fourth-order valence-corrected chi connectivity index (χ4v) is 1.99. The molecule has 0 bridgehead atoms. The molecular formula is C13H12F2N4O4. The third-order valence-electron chi connectivity index (χ3n) is 3.06. The summed E-state index contributed by atoms with van der Waals surface area (Å²) in [6, 6.07) is 5.93. The predicted octanol–water partition coefficient (Wildman–Crippen LogP) is 2.38. The molecule has 0 aliphatic rings. The molecule has 0 spiro atoms. The minimum absolute atomic E-state index is 0.130. The summed E-state index contributed by atoms with van der Waals surface area (Å²) in [6.07, 6.45) is -3.13. The second-order valence-corrected chi connectivity index (χ2v) is 4.60. The zero-order valence-corrected chi connectivity index (χ0v) is 11.9. The standard InChI is InChI=1S/C13H12F2N4O4/c1-7-12(19(22)23)11(13(14)15)17-18(7)6-10(21)16-8-4-2-3-5-9(8)20/h2-5,13,20H,6H2,1H3,(H,16,21). The number of phenolic OH excluding ortho intramolecular Hbond substituents is 1. The Morgan fingerprint density at radius 2 is 2.13 bits per heavy atom. The number of amides is 1. The highest BCUT2D eigenvalue weighted by molar-refractivity contribution is 5.92. The second-order valence-electron chi connectivity index (χ2n) is 4.60. The van der Waals surface area contributed by atoms with Gasteiger partial charge >= 0.3 is 5.69 Å². The Balaban J connectivity index is 2.23. The van der Waals surface area contributed by atoms with E-state index < -0.39 is 35.2 Å². The molecule has 23 heavy (non-hydrogen) atoms. The molecule has 0 saturated heterocycles. The molecule has 0 fully saturated rings. The van der Waals surface area contributed by atoms with Crippen LogP contribution in [-0.2, 0) is 11.3 Å². The molecule has 0 atom stereocenters. The van der Waals surface area contributed by atoms with Crippen LogP contribution in [0.15, 0.2) is 24.3 Å². The molecule has 0 radical (unpaired) electrons. The van der Waals surface area contributed by atoms with Crippen LogP contribution in [0.25, 0.3) is 0 Å². The number of nitro groups is 1. The van der Waals surface area contributed by atoms with Gasteiger partial charge in [0, 0.05) is 0 Å². The van der Waals surface area contributed by atoms with Crippen molar-refractivity contribution in [2.24, 2.45) is 0 Å². The van der Waals surface area contributed by atoms with Gasteiger partial charge in [-0.2, -0.15) is 5.10 Å². The molecule has 10 heteroatoms. The van der Waals surface area contributed by atoms with Crippen LogP contribution in [0.5, 0.6) is 5.75 Å². The summed E-state index contributed by atoms with van der Waals surface area (Å²) >= 11 is 0. The number of hydrogen-bond donors (Lipinski definition) is 2. The average Bonchev–Trinajstić information content (AvgIpc) is 2.79. The highest BCUT2D eigenvalue weighted by atomic mass is 19.3. The van der Waals surface area contributed by atoms with Gasteiger partial charge in [-0.25, -0.2) is 8.78 Å². The van der Waals surface area contributed by atoms with Crippen LogP contribution in [0, 0.1) is 17.0 Å². The van der Waals surface area contributed by atoms with E-state index in [1.54, 1.807) is 12.1 Å². The van der Waals surface area contributed by atoms with Crippen molar-refractivity contribution in [1.29, 1.82) is 0 Å². The van der Waals surface area contributed by atoms with Crippen LogP contribution in [-0.4, -0.2) is 25.7 Å². The molecule has 1 aromatic heterocycles. The molecule has 2 rings (SSSR count). The first-order valence-electron chi connectivity index (χ1n) is 6.39. The first-order valence-corrected chi connectivity index (χ1v) is 6.39. The molecule has 0 aliphatic carbocycles. The van der Waals surface area contributed by atoms with E-state index in [9.17, 15) is 28.8 Å². The fraction of sp³-hybridized carbons (Fsp3) is 0.231. The number of hydrogen-bond acceptors (Lipinski definition) is 5. The maximum absolute atomic E-state index is 12.8. The lowest BCUT2D eigenvalue weighted by molar-refractivity contribution is -0.386. The Hall–Kier alpha value is -3.04. The number of anilines is 1. The largest absolute Gasteiger partial charge is 0.506 e. The van der Waals surface area contributed by atoms with Crippen molar-refractivity contribution < 1.29 is 23.6 Å². The number of benzene rings is 1. The Bertz CT molecular complexity index is 760. The van der Waals surface area contributed by atoms with E-state index in [1.807, 2.05) is 0 Å². The molecule has 1 heterocycles. The van der Waals surface area contributed by atoms with Gasteiger partial charge in [0.15, 0.2) is 0 Å². The van der Waals surface area contributed by atoms with Gasteiger partial charge in [0.1, 0.15) is 18.0 Å². The molecule has 0 unspecified atom stereocenters. The van der Waals surface area contributed by atoms with Crippen molar-refractivity contribution in [3.63, 3.8) is 0 Å². The predicted molar refractivity (Wildman–Crippen MR) is 75.3 cm³/mol. The molecule has 1 aromatic carbocycles. The first-order chi connectivity index (χ1) is 10.8. The monoisotopic (exact) mass is 326 g/mol. The van der Waals surface area contributed by atoms with Gasteiger partial charge in [-0.1, -0.05) is 12.1 Å². The van der Waals surface area contributed by atoms with Crippen molar-refractivity contribution in [3.05, 3.63) is 45.8 Å². The normalized spacial score (nSPS) is 10.8. The van der Waals surface area contributed by atoms with Crippen molar-refractivity contribution in [1.82, 2.24) is 9.78 Å². The van der Waals surface area contributed by atoms with Crippen molar-refractivity contribution in [2.75, 3.05) is 5.32 Å². The number of alkyl halides is 2. The van der Waals surface area contributed by atoms with Crippen LogP contribution in [0.1, 0.15) is 17.8 Å². The lowest BCUT2D eigenvalue weighted by Gasteiger charge is -2.07. The summed E-state index contributed by atoms with van der Waals surface area (Å²) in [5.41, 5.74) is -1.82. The molecular weight excluding hydrogens is 314 g/mol. The highest BCUT2D eigenvalue weighted by Crippen LogP contribution is 2.30. The third kappa shape index (κ3) is 3.42. The van der Waals surface area contributed by atoms with Gasteiger partial charge in [-0.05, 0) is 19.1 Å². The van der Waals surface area contributed by atoms with Crippen LogP contribution in [0.2, 0.25) is 0 Å². The average molecular weight is 326 g/mol. The third-order valence-corrected chi connectivity index (χ3v) is 3.06. The number of carbonyl (C=O) groups is 1. The number of aromatic hydroxyl groups is 1. The van der Waals surface area contributed by atoms with Gasteiger partial charge in [0.05, 0.1) is 10.6 Å². The lowest BCUT2D eigenvalue weighted by atomic mass is 10.3. The van der Waals surface area contributed by atoms with Crippen molar-refractivity contribution in [3.8, 4) is 5.75 Å².